The number of H-pyrrole nitrogens is 1. The number of aromatic amines is 1. The number of hydrogen-bond acceptors (Lipinski definition) is 5. The zero-order valence-corrected chi connectivity index (χ0v) is 11.7. The Morgan fingerprint density at radius 2 is 2.00 bits per heavy atom. The van der Waals surface area contributed by atoms with Gasteiger partial charge in [-0.15, -0.1) is 10.2 Å². The summed E-state index contributed by atoms with van der Waals surface area (Å²) >= 11 is 0. The number of alkyl halides is 3. The van der Waals surface area contributed by atoms with Gasteiger partial charge in [-0.05, 0) is 31.2 Å². The van der Waals surface area contributed by atoms with Crippen LogP contribution in [0.25, 0.3) is 0 Å². The molecule has 0 fully saturated rings. The zero-order chi connectivity index (χ0) is 17.0. The van der Waals surface area contributed by atoms with Gasteiger partial charge in [0.25, 0.3) is 5.91 Å². The first-order valence-corrected chi connectivity index (χ1v) is 6.27. The number of nitrogens with one attached hydrogen (secondary N) is 2. The van der Waals surface area contributed by atoms with Crippen molar-refractivity contribution in [1.29, 1.82) is 5.26 Å². The summed E-state index contributed by atoms with van der Waals surface area (Å²) in [5.41, 5.74) is 0.427. The van der Waals surface area contributed by atoms with E-state index in [4.69, 9.17) is 10.00 Å². The SMILES string of the molecule is CC(Oc1ccc(C#N)cc1)C(=O)Nc1nnc(C(F)(F)F)[nH]1. The number of halogens is 3. The van der Waals surface area contributed by atoms with E-state index in [0.29, 0.717) is 11.3 Å². The fraction of sp³-hybridized carbons (Fsp3) is 0.231. The molecule has 0 aliphatic carbocycles. The van der Waals surface area contributed by atoms with Crippen molar-refractivity contribution in [2.75, 3.05) is 5.32 Å². The number of rotatable bonds is 4. The first-order valence-electron chi connectivity index (χ1n) is 6.27. The maximum Gasteiger partial charge on any atom is 0.451 e. The normalized spacial score (nSPS) is 12.3. The standard InChI is InChI=1S/C13H10F3N5O2/c1-7(23-9-4-2-8(6-17)3-5-9)10(22)18-12-19-11(20-21-12)13(14,15)16/h2-5,7H,1H3,(H2,18,19,20,21,22). The second-order valence-corrected chi connectivity index (χ2v) is 4.41. The Morgan fingerprint density at radius 1 is 1.35 bits per heavy atom. The molecule has 1 atom stereocenters. The molecule has 2 rings (SSSR count). The van der Waals surface area contributed by atoms with Gasteiger partial charge in [0.05, 0.1) is 11.6 Å². The number of amides is 1. The molecule has 7 nitrogen and oxygen atoms in total. The minimum absolute atomic E-state index is 0.334. The lowest BCUT2D eigenvalue weighted by Crippen LogP contribution is -2.30. The number of nitrogens with zero attached hydrogens (tertiary/aromatic N) is 3. The van der Waals surface area contributed by atoms with Crippen molar-refractivity contribution >= 4 is 11.9 Å². The highest BCUT2D eigenvalue weighted by atomic mass is 19.4. The lowest BCUT2D eigenvalue weighted by Gasteiger charge is -2.13. The summed E-state index contributed by atoms with van der Waals surface area (Å²) in [5, 5.41) is 16.9. The monoisotopic (exact) mass is 325 g/mol. The molecule has 0 aliphatic rings. The Labute approximate surface area is 128 Å². The molecule has 0 spiro atoms. The molecule has 0 bridgehead atoms. The third-order valence-electron chi connectivity index (χ3n) is 2.66. The predicted molar refractivity (Wildman–Crippen MR) is 71.3 cm³/mol. The van der Waals surface area contributed by atoms with Crippen molar-refractivity contribution in [3.05, 3.63) is 35.7 Å². The molecule has 1 heterocycles. The third-order valence-corrected chi connectivity index (χ3v) is 2.66. The number of benzene rings is 1. The lowest BCUT2D eigenvalue weighted by atomic mass is 10.2. The van der Waals surface area contributed by atoms with Crippen molar-refractivity contribution in [3.8, 4) is 11.8 Å². The minimum Gasteiger partial charge on any atom is -0.481 e. The smallest absolute Gasteiger partial charge is 0.451 e. The molecule has 1 amide bonds. The maximum absolute atomic E-state index is 12.4. The van der Waals surface area contributed by atoms with Gasteiger partial charge in [-0.25, -0.2) is 0 Å². The summed E-state index contributed by atoms with van der Waals surface area (Å²) in [7, 11) is 0. The summed E-state index contributed by atoms with van der Waals surface area (Å²) in [4.78, 5) is 13.7. The molecule has 23 heavy (non-hydrogen) atoms. The number of aromatic nitrogens is 3. The zero-order valence-electron chi connectivity index (χ0n) is 11.7. The highest BCUT2D eigenvalue weighted by Gasteiger charge is 2.35. The molecule has 1 aromatic carbocycles. The molecule has 2 aromatic rings. The van der Waals surface area contributed by atoms with E-state index in [1.807, 2.05) is 11.1 Å². The quantitative estimate of drug-likeness (QED) is 0.896. The van der Waals surface area contributed by atoms with Gasteiger partial charge >= 0.3 is 6.18 Å². The van der Waals surface area contributed by atoms with E-state index in [9.17, 15) is 18.0 Å². The Bertz CT molecular complexity index is 733. The van der Waals surface area contributed by atoms with Crippen LogP contribution in [-0.4, -0.2) is 27.2 Å². The highest BCUT2D eigenvalue weighted by molar-refractivity contribution is 5.92. The second-order valence-electron chi connectivity index (χ2n) is 4.41. The molecular weight excluding hydrogens is 315 g/mol. The van der Waals surface area contributed by atoms with Crippen LogP contribution in [0.4, 0.5) is 19.1 Å². The highest BCUT2D eigenvalue weighted by Crippen LogP contribution is 2.26. The van der Waals surface area contributed by atoms with E-state index >= 15 is 0 Å². The Kier molecular flexibility index (Phi) is 4.49. The Balaban J connectivity index is 1.97. The van der Waals surface area contributed by atoms with Crippen LogP contribution in [-0.2, 0) is 11.0 Å². The van der Waals surface area contributed by atoms with Gasteiger partial charge in [-0.2, -0.15) is 18.4 Å². The van der Waals surface area contributed by atoms with E-state index < -0.39 is 30.0 Å². The van der Waals surface area contributed by atoms with Crippen molar-refractivity contribution < 1.29 is 22.7 Å². The van der Waals surface area contributed by atoms with Crippen LogP contribution >= 0.6 is 0 Å². The van der Waals surface area contributed by atoms with Crippen LogP contribution in [0.15, 0.2) is 24.3 Å². The van der Waals surface area contributed by atoms with Crippen molar-refractivity contribution in [3.63, 3.8) is 0 Å². The number of ether oxygens (including phenoxy) is 1. The topological polar surface area (TPSA) is 104 Å². The van der Waals surface area contributed by atoms with Crippen LogP contribution in [0.5, 0.6) is 5.75 Å². The van der Waals surface area contributed by atoms with E-state index in [0.717, 1.165) is 0 Å². The fourth-order valence-corrected chi connectivity index (χ4v) is 1.53. The van der Waals surface area contributed by atoms with E-state index in [1.165, 1.54) is 31.2 Å². The van der Waals surface area contributed by atoms with Crippen LogP contribution < -0.4 is 10.1 Å². The summed E-state index contributed by atoms with van der Waals surface area (Å²) in [5.74, 6) is -2.12. The predicted octanol–water partition coefficient (Wildman–Crippen LogP) is 2.10. The fourth-order valence-electron chi connectivity index (χ4n) is 1.53. The van der Waals surface area contributed by atoms with Gasteiger partial charge in [0.2, 0.25) is 11.8 Å². The van der Waals surface area contributed by atoms with E-state index in [2.05, 4.69) is 15.5 Å². The average Bonchev–Trinajstić information content (AvgIpc) is 2.96. The second kappa shape index (κ2) is 6.35. The number of nitriles is 1. The number of carbonyl (C=O) groups is 1. The summed E-state index contributed by atoms with van der Waals surface area (Å²) < 4.78 is 42.4. The van der Waals surface area contributed by atoms with Gasteiger partial charge in [0.1, 0.15) is 5.75 Å². The van der Waals surface area contributed by atoms with Crippen LogP contribution in [0.2, 0.25) is 0 Å². The Hall–Kier alpha value is -3.09. The van der Waals surface area contributed by atoms with Gasteiger partial charge < -0.3 is 9.72 Å². The van der Waals surface area contributed by atoms with Gasteiger partial charge in [-0.1, -0.05) is 0 Å². The molecular formula is C13H10F3N5O2. The molecule has 0 aliphatic heterocycles. The minimum atomic E-state index is -4.68. The summed E-state index contributed by atoms with van der Waals surface area (Å²) in [6.45, 7) is 1.41. The molecule has 1 unspecified atom stereocenters. The van der Waals surface area contributed by atoms with Crippen LogP contribution in [0.3, 0.4) is 0 Å². The van der Waals surface area contributed by atoms with Crippen LogP contribution in [0.1, 0.15) is 18.3 Å². The maximum atomic E-state index is 12.4. The molecule has 2 N–H and O–H groups in total. The van der Waals surface area contributed by atoms with Crippen molar-refractivity contribution in [1.82, 2.24) is 15.2 Å². The van der Waals surface area contributed by atoms with E-state index in [-0.39, 0.29) is 0 Å². The average molecular weight is 325 g/mol. The van der Waals surface area contributed by atoms with E-state index in [1.54, 1.807) is 0 Å². The van der Waals surface area contributed by atoms with Crippen molar-refractivity contribution in [2.45, 2.75) is 19.2 Å². The summed E-state index contributed by atoms with van der Waals surface area (Å²) in [6, 6.07) is 7.94. The van der Waals surface area contributed by atoms with Crippen molar-refractivity contribution in [2.24, 2.45) is 0 Å². The van der Waals surface area contributed by atoms with Gasteiger partial charge in [-0.3, -0.25) is 10.1 Å². The third kappa shape index (κ3) is 4.19. The number of carbonyl (C=O) groups excluding carboxylic acids is 1. The summed E-state index contributed by atoms with van der Waals surface area (Å²) in [6.07, 6.45) is -5.68. The number of hydrogen-bond donors (Lipinski definition) is 2. The van der Waals surface area contributed by atoms with Gasteiger partial charge in [0.15, 0.2) is 6.10 Å². The van der Waals surface area contributed by atoms with Gasteiger partial charge in [0, 0.05) is 0 Å². The number of anilines is 1. The molecule has 0 radical (unpaired) electrons. The first-order chi connectivity index (χ1) is 10.8. The lowest BCUT2D eigenvalue weighted by molar-refractivity contribution is -0.144. The Morgan fingerprint density at radius 3 is 2.52 bits per heavy atom. The first kappa shape index (κ1) is 16.3. The van der Waals surface area contributed by atoms with Crippen LogP contribution in [0, 0.1) is 11.3 Å². The molecule has 120 valence electrons. The molecule has 0 saturated heterocycles. The largest absolute Gasteiger partial charge is 0.481 e. The molecule has 1 aromatic heterocycles. The molecule has 0 saturated carbocycles. The molecule has 10 heteroatoms.